The van der Waals surface area contributed by atoms with Crippen molar-refractivity contribution >= 4 is 21.4 Å². The third-order valence-corrected chi connectivity index (χ3v) is 5.32. The van der Waals surface area contributed by atoms with Crippen LogP contribution in [0, 0.1) is 5.92 Å². The molecule has 1 atom stereocenters. The molecule has 21 heavy (non-hydrogen) atoms. The number of rotatable bonds is 5. The van der Waals surface area contributed by atoms with Gasteiger partial charge in [0.05, 0.1) is 16.3 Å². The Kier molecular flexibility index (Phi) is 5.08. The summed E-state index contributed by atoms with van der Waals surface area (Å²) in [6.45, 7) is 3.10. The highest BCUT2D eigenvalue weighted by Gasteiger charge is 2.17. The van der Waals surface area contributed by atoms with E-state index in [-0.39, 0.29) is 4.90 Å². The average Bonchev–Trinajstić information content (AvgIpc) is 2.46. The van der Waals surface area contributed by atoms with E-state index in [2.05, 4.69) is 22.0 Å². The molecule has 118 valence electrons. The summed E-state index contributed by atoms with van der Waals surface area (Å²) in [4.78, 5) is 2.52. The van der Waals surface area contributed by atoms with E-state index in [1.807, 2.05) is 0 Å². The molecule has 1 fully saturated rings. The fourth-order valence-electron chi connectivity index (χ4n) is 2.68. The van der Waals surface area contributed by atoms with E-state index in [4.69, 9.17) is 5.73 Å². The Morgan fingerprint density at radius 2 is 2.19 bits per heavy atom. The Balaban J connectivity index is 2.01. The van der Waals surface area contributed by atoms with Gasteiger partial charge in [0.15, 0.2) is 0 Å². The van der Waals surface area contributed by atoms with E-state index < -0.39 is 10.0 Å². The molecule has 0 saturated carbocycles. The molecule has 1 unspecified atom stereocenters. The molecule has 0 spiro atoms. The third kappa shape index (κ3) is 4.09. The van der Waals surface area contributed by atoms with Gasteiger partial charge in [-0.25, -0.2) is 13.1 Å². The Morgan fingerprint density at radius 3 is 2.81 bits per heavy atom. The van der Waals surface area contributed by atoms with Gasteiger partial charge in [-0.3, -0.25) is 0 Å². The summed E-state index contributed by atoms with van der Waals surface area (Å²) in [6.07, 6.45) is 2.43. The molecule has 1 aliphatic heterocycles. The van der Waals surface area contributed by atoms with E-state index in [0.29, 0.717) is 11.6 Å². The highest BCUT2D eigenvalue weighted by atomic mass is 32.2. The number of piperidine rings is 1. The number of sulfonamides is 1. The van der Waals surface area contributed by atoms with Gasteiger partial charge in [-0.1, -0.05) is 0 Å². The second-order valence-corrected chi connectivity index (χ2v) is 7.49. The molecule has 0 aromatic heterocycles. The Hall–Kier alpha value is -1.31. The van der Waals surface area contributed by atoms with Gasteiger partial charge >= 0.3 is 0 Å². The molecule has 6 nitrogen and oxygen atoms in total. The summed E-state index contributed by atoms with van der Waals surface area (Å²) in [7, 11) is 0.0784. The molecule has 1 aromatic carbocycles. The highest BCUT2D eigenvalue weighted by Crippen LogP contribution is 2.24. The van der Waals surface area contributed by atoms with Crippen molar-refractivity contribution in [3.63, 3.8) is 0 Å². The standard InChI is InChI=1S/C14H24N4O2S/c1-16-21(19,20)12-5-6-14(13(15)8-12)17-9-11-4-3-7-18(2)10-11/h5-6,8,11,16-17H,3-4,7,9-10,15H2,1-2H3. The number of nitrogens with zero attached hydrogens (tertiary/aromatic N) is 1. The van der Waals surface area contributed by atoms with Crippen LogP contribution in [0.2, 0.25) is 0 Å². The molecular formula is C14H24N4O2S. The highest BCUT2D eigenvalue weighted by molar-refractivity contribution is 7.89. The van der Waals surface area contributed by atoms with Crippen molar-refractivity contribution in [2.75, 3.05) is 44.8 Å². The molecule has 0 radical (unpaired) electrons. The number of likely N-dealkylation sites (tertiary alicyclic amines) is 1. The van der Waals surface area contributed by atoms with Crippen LogP contribution in [0.1, 0.15) is 12.8 Å². The average molecular weight is 312 g/mol. The van der Waals surface area contributed by atoms with Crippen LogP contribution in [0.25, 0.3) is 0 Å². The molecule has 0 amide bonds. The molecular weight excluding hydrogens is 288 g/mol. The van der Waals surface area contributed by atoms with Crippen molar-refractivity contribution in [2.24, 2.45) is 5.92 Å². The maximum atomic E-state index is 11.7. The third-order valence-electron chi connectivity index (χ3n) is 3.91. The summed E-state index contributed by atoms with van der Waals surface area (Å²) in [5.74, 6) is 0.601. The van der Waals surface area contributed by atoms with Crippen molar-refractivity contribution in [2.45, 2.75) is 17.7 Å². The maximum Gasteiger partial charge on any atom is 0.240 e. The van der Waals surface area contributed by atoms with Gasteiger partial charge in [0.25, 0.3) is 0 Å². The summed E-state index contributed by atoms with van der Waals surface area (Å²) < 4.78 is 25.7. The maximum absolute atomic E-state index is 11.7. The molecule has 7 heteroatoms. The summed E-state index contributed by atoms with van der Waals surface area (Å²) >= 11 is 0. The SMILES string of the molecule is CNS(=O)(=O)c1ccc(NCC2CCCN(C)C2)c(N)c1. The van der Waals surface area contributed by atoms with Crippen LogP contribution < -0.4 is 15.8 Å². The zero-order valence-corrected chi connectivity index (χ0v) is 13.4. The predicted molar refractivity (Wildman–Crippen MR) is 85.8 cm³/mol. The van der Waals surface area contributed by atoms with Gasteiger partial charge in [-0.2, -0.15) is 0 Å². The minimum absolute atomic E-state index is 0.186. The van der Waals surface area contributed by atoms with Gasteiger partial charge in [-0.15, -0.1) is 0 Å². The fourth-order valence-corrected chi connectivity index (χ4v) is 3.45. The van der Waals surface area contributed by atoms with E-state index in [1.54, 1.807) is 12.1 Å². The summed E-state index contributed by atoms with van der Waals surface area (Å²) in [6, 6.07) is 4.78. The first-order valence-electron chi connectivity index (χ1n) is 7.18. The van der Waals surface area contributed by atoms with Crippen LogP contribution >= 0.6 is 0 Å². The minimum atomic E-state index is -3.44. The number of hydrogen-bond acceptors (Lipinski definition) is 5. The van der Waals surface area contributed by atoms with Crippen LogP contribution in [0.15, 0.2) is 23.1 Å². The number of anilines is 2. The lowest BCUT2D eigenvalue weighted by Gasteiger charge is -2.30. The van der Waals surface area contributed by atoms with Crippen molar-refractivity contribution < 1.29 is 8.42 Å². The smallest absolute Gasteiger partial charge is 0.240 e. The monoisotopic (exact) mass is 312 g/mol. The number of hydrogen-bond donors (Lipinski definition) is 3. The summed E-state index contributed by atoms with van der Waals surface area (Å²) in [5, 5.41) is 3.33. The zero-order valence-electron chi connectivity index (χ0n) is 12.6. The van der Waals surface area contributed by atoms with Crippen LogP contribution in [0.3, 0.4) is 0 Å². The first-order valence-corrected chi connectivity index (χ1v) is 8.66. The van der Waals surface area contributed by atoms with E-state index in [1.165, 1.54) is 26.0 Å². The predicted octanol–water partition coefficient (Wildman–Crippen LogP) is 0.931. The Morgan fingerprint density at radius 1 is 1.43 bits per heavy atom. The van der Waals surface area contributed by atoms with Gasteiger partial charge in [-0.05, 0) is 57.6 Å². The number of benzene rings is 1. The van der Waals surface area contributed by atoms with E-state index >= 15 is 0 Å². The van der Waals surface area contributed by atoms with Gasteiger partial charge in [0, 0.05) is 13.1 Å². The van der Waals surface area contributed by atoms with E-state index in [0.717, 1.165) is 25.3 Å². The van der Waals surface area contributed by atoms with Crippen LogP contribution in [-0.2, 0) is 10.0 Å². The molecule has 0 bridgehead atoms. The first kappa shape index (κ1) is 16.1. The molecule has 0 aliphatic carbocycles. The second kappa shape index (κ2) is 6.64. The van der Waals surface area contributed by atoms with Gasteiger partial charge < -0.3 is 16.0 Å². The molecule has 4 N–H and O–H groups in total. The van der Waals surface area contributed by atoms with Crippen LogP contribution in [-0.4, -0.2) is 47.0 Å². The van der Waals surface area contributed by atoms with Crippen molar-refractivity contribution in [1.82, 2.24) is 9.62 Å². The Bertz CT molecular complexity index is 589. The minimum Gasteiger partial charge on any atom is -0.397 e. The zero-order chi connectivity index (χ0) is 15.5. The normalized spacial score (nSPS) is 20.4. The number of nitrogen functional groups attached to an aromatic ring is 1. The molecule has 1 heterocycles. The number of nitrogens with one attached hydrogen (secondary N) is 2. The second-order valence-electron chi connectivity index (χ2n) is 5.61. The largest absolute Gasteiger partial charge is 0.397 e. The van der Waals surface area contributed by atoms with Crippen LogP contribution in [0.5, 0.6) is 0 Å². The van der Waals surface area contributed by atoms with Gasteiger partial charge in [0.2, 0.25) is 10.0 Å². The lowest BCUT2D eigenvalue weighted by Crippen LogP contribution is -2.35. The lowest BCUT2D eigenvalue weighted by molar-refractivity contribution is 0.217. The summed E-state index contributed by atoms with van der Waals surface area (Å²) in [5.41, 5.74) is 7.19. The quantitative estimate of drug-likeness (QED) is 0.704. The van der Waals surface area contributed by atoms with Crippen molar-refractivity contribution in [3.05, 3.63) is 18.2 Å². The first-order chi connectivity index (χ1) is 9.92. The van der Waals surface area contributed by atoms with Crippen molar-refractivity contribution in [1.29, 1.82) is 0 Å². The lowest BCUT2D eigenvalue weighted by atomic mass is 9.98. The van der Waals surface area contributed by atoms with Crippen molar-refractivity contribution in [3.8, 4) is 0 Å². The van der Waals surface area contributed by atoms with Gasteiger partial charge in [0.1, 0.15) is 0 Å². The molecule has 1 aliphatic rings. The molecule has 2 rings (SSSR count). The fraction of sp³-hybridized carbons (Fsp3) is 0.571. The Labute approximate surface area is 126 Å². The number of nitrogens with two attached hydrogens (primary N) is 1. The molecule has 1 saturated heterocycles. The topological polar surface area (TPSA) is 87.5 Å². The molecule has 1 aromatic rings. The van der Waals surface area contributed by atoms with E-state index in [9.17, 15) is 8.42 Å². The van der Waals surface area contributed by atoms with Crippen LogP contribution in [0.4, 0.5) is 11.4 Å².